The third kappa shape index (κ3) is 5.82. The molecule has 1 aromatic heterocycles. The maximum atomic E-state index is 10.7. The van der Waals surface area contributed by atoms with Gasteiger partial charge in [-0.25, -0.2) is 0 Å². The fourth-order valence-electron chi connectivity index (χ4n) is 2.32. The number of nitrogens with one attached hydrogen (secondary N) is 1. The fourth-order valence-corrected chi connectivity index (χ4v) is 2.32. The minimum Gasteiger partial charge on any atom is -0.481 e. The van der Waals surface area contributed by atoms with Gasteiger partial charge in [0.2, 0.25) is 0 Å². The summed E-state index contributed by atoms with van der Waals surface area (Å²) >= 11 is 0. The fraction of sp³-hybridized carbons (Fsp3) is 0.562. The second-order valence-electron chi connectivity index (χ2n) is 6.24. The molecule has 5 nitrogen and oxygen atoms in total. The van der Waals surface area contributed by atoms with Gasteiger partial charge in [0.15, 0.2) is 0 Å². The van der Waals surface area contributed by atoms with Gasteiger partial charge in [-0.15, -0.1) is 0 Å². The number of nitriles is 1. The maximum Gasteiger partial charge on any atom is 0.303 e. The van der Waals surface area contributed by atoms with Crippen LogP contribution in [0.25, 0.3) is 0 Å². The van der Waals surface area contributed by atoms with Crippen molar-refractivity contribution in [3.8, 4) is 6.07 Å². The Balaban J connectivity index is 2.57. The van der Waals surface area contributed by atoms with Crippen molar-refractivity contribution in [1.82, 2.24) is 4.98 Å². The first-order valence-corrected chi connectivity index (χ1v) is 7.14. The van der Waals surface area contributed by atoms with E-state index in [1.165, 1.54) is 0 Å². The summed E-state index contributed by atoms with van der Waals surface area (Å²) in [6, 6.07) is 3.80. The minimum absolute atomic E-state index is 0.0596. The molecule has 0 aromatic carbocycles. The molecule has 2 N–H and O–H groups in total. The predicted octanol–water partition coefficient (Wildman–Crippen LogP) is 3.28. The van der Waals surface area contributed by atoms with Crippen LogP contribution in [0.3, 0.4) is 0 Å². The molecule has 1 unspecified atom stereocenters. The average Bonchev–Trinajstić information content (AvgIpc) is 2.41. The van der Waals surface area contributed by atoms with E-state index in [1.807, 2.05) is 0 Å². The van der Waals surface area contributed by atoms with Gasteiger partial charge in [-0.2, -0.15) is 5.26 Å². The lowest BCUT2D eigenvalue weighted by molar-refractivity contribution is -0.137. The van der Waals surface area contributed by atoms with Gasteiger partial charge in [-0.05, 0) is 30.2 Å². The van der Waals surface area contributed by atoms with Crippen molar-refractivity contribution in [2.45, 2.75) is 40.0 Å². The van der Waals surface area contributed by atoms with Gasteiger partial charge in [0.05, 0.1) is 17.4 Å². The van der Waals surface area contributed by atoms with Gasteiger partial charge in [-0.3, -0.25) is 9.78 Å². The van der Waals surface area contributed by atoms with Crippen molar-refractivity contribution >= 4 is 11.7 Å². The van der Waals surface area contributed by atoms with Crippen molar-refractivity contribution in [3.05, 3.63) is 24.0 Å². The molecule has 0 amide bonds. The highest BCUT2D eigenvalue weighted by Gasteiger charge is 2.24. The van der Waals surface area contributed by atoms with Gasteiger partial charge in [0.25, 0.3) is 0 Å². The third-order valence-corrected chi connectivity index (χ3v) is 3.68. The molecule has 0 fully saturated rings. The van der Waals surface area contributed by atoms with Crippen LogP contribution in [0.2, 0.25) is 0 Å². The average molecular weight is 289 g/mol. The summed E-state index contributed by atoms with van der Waals surface area (Å²) in [5.74, 6) is -0.445. The van der Waals surface area contributed by atoms with Gasteiger partial charge in [-0.1, -0.05) is 20.8 Å². The Morgan fingerprint density at radius 1 is 1.48 bits per heavy atom. The first-order valence-electron chi connectivity index (χ1n) is 7.14. The van der Waals surface area contributed by atoms with E-state index in [2.05, 4.69) is 37.1 Å². The van der Waals surface area contributed by atoms with E-state index in [1.54, 1.807) is 18.5 Å². The van der Waals surface area contributed by atoms with Crippen molar-refractivity contribution in [2.24, 2.45) is 11.3 Å². The van der Waals surface area contributed by atoms with Crippen LogP contribution in [0.4, 0.5) is 5.69 Å². The smallest absolute Gasteiger partial charge is 0.303 e. The Kier molecular flexibility index (Phi) is 6.16. The van der Waals surface area contributed by atoms with Gasteiger partial charge in [0, 0.05) is 19.2 Å². The highest BCUT2D eigenvalue weighted by atomic mass is 16.4. The Morgan fingerprint density at radius 2 is 2.19 bits per heavy atom. The van der Waals surface area contributed by atoms with Crippen LogP contribution in [-0.4, -0.2) is 22.6 Å². The Bertz CT molecular complexity index is 515. The molecule has 5 heteroatoms. The maximum absolute atomic E-state index is 10.7. The predicted molar refractivity (Wildman–Crippen MR) is 81.9 cm³/mol. The molecule has 21 heavy (non-hydrogen) atoms. The van der Waals surface area contributed by atoms with Crippen LogP contribution in [0, 0.1) is 22.7 Å². The zero-order chi connectivity index (χ0) is 15.9. The van der Waals surface area contributed by atoms with Gasteiger partial charge < -0.3 is 10.4 Å². The van der Waals surface area contributed by atoms with Crippen LogP contribution < -0.4 is 5.32 Å². The van der Waals surface area contributed by atoms with Crippen molar-refractivity contribution in [3.63, 3.8) is 0 Å². The summed E-state index contributed by atoms with van der Waals surface area (Å²) in [6.07, 6.45) is 4.95. The molecule has 1 atom stereocenters. The molecule has 0 aliphatic heterocycles. The highest BCUT2D eigenvalue weighted by Crippen LogP contribution is 2.32. The van der Waals surface area contributed by atoms with Crippen LogP contribution in [-0.2, 0) is 4.79 Å². The Morgan fingerprint density at radius 3 is 2.76 bits per heavy atom. The SMILES string of the molecule is CC(C)(C)C(CCNc1cnccc1C#N)CCC(=O)O. The molecule has 0 saturated carbocycles. The van der Waals surface area contributed by atoms with E-state index in [-0.39, 0.29) is 11.8 Å². The second-order valence-corrected chi connectivity index (χ2v) is 6.24. The molecule has 0 aliphatic rings. The van der Waals surface area contributed by atoms with E-state index in [0.29, 0.717) is 24.4 Å². The molecule has 0 bridgehead atoms. The number of anilines is 1. The quantitative estimate of drug-likeness (QED) is 0.804. The molecule has 0 aliphatic carbocycles. The number of carboxylic acids is 1. The lowest BCUT2D eigenvalue weighted by atomic mass is 9.76. The number of carbonyl (C=O) groups is 1. The van der Waals surface area contributed by atoms with Crippen molar-refractivity contribution in [1.29, 1.82) is 5.26 Å². The number of aliphatic carboxylic acids is 1. The van der Waals surface area contributed by atoms with Crippen LogP contribution in [0.5, 0.6) is 0 Å². The van der Waals surface area contributed by atoms with Crippen LogP contribution in [0.15, 0.2) is 18.5 Å². The molecule has 1 aromatic rings. The summed E-state index contributed by atoms with van der Waals surface area (Å²) in [5, 5.41) is 21.1. The summed E-state index contributed by atoms with van der Waals surface area (Å²) < 4.78 is 0. The number of hydrogen-bond acceptors (Lipinski definition) is 4. The third-order valence-electron chi connectivity index (χ3n) is 3.68. The largest absolute Gasteiger partial charge is 0.481 e. The summed E-state index contributed by atoms with van der Waals surface area (Å²) in [7, 11) is 0. The van der Waals surface area contributed by atoms with E-state index in [9.17, 15) is 4.79 Å². The Hall–Kier alpha value is -2.09. The zero-order valence-corrected chi connectivity index (χ0v) is 12.9. The van der Waals surface area contributed by atoms with Gasteiger partial charge in [0.1, 0.15) is 6.07 Å². The molecular weight excluding hydrogens is 266 g/mol. The van der Waals surface area contributed by atoms with E-state index in [0.717, 1.165) is 12.1 Å². The molecule has 0 saturated heterocycles. The number of nitrogens with zero attached hydrogens (tertiary/aromatic N) is 2. The summed E-state index contributed by atoms with van der Waals surface area (Å²) in [4.78, 5) is 14.8. The first kappa shape index (κ1) is 17.0. The van der Waals surface area contributed by atoms with Crippen molar-refractivity contribution in [2.75, 3.05) is 11.9 Å². The highest BCUT2D eigenvalue weighted by molar-refractivity contribution is 5.66. The first-order chi connectivity index (χ1) is 9.84. The Labute approximate surface area is 126 Å². The van der Waals surface area contributed by atoms with Crippen molar-refractivity contribution < 1.29 is 9.90 Å². The summed E-state index contributed by atoms with van der Waals surface area (Å²) in [6.45, 7) is 7.08. The van der Waals surface area contributed by atoms with Gasteiger partial charge >= 0.3 is 5.97 Å². The second kappa shape index (κ2) is 7.63. The molecule has 0 spiro atoms. The lowest BCUT2D eigenvalue weighted by Crippen LogP contribution is -2.24. The molecule has 0 radical (unpaired) electrons. The summed E-state index contributed by atoms with van der Waals surface area (Å²) in [5.41, 5.74) is 1.36. The molecule has 114 valence electrons. The monoisotopic (exact) mass is 289 g/mol. The lowest BCUT2D eigenvalue weighted by Gasteiger charge is -2.30. The topological polar surface area (TPSA) is 86.0 Å². The standard InChI is InChI=1S/C16H23N3O2/c1-16(2,3)13(4-5-15(20)21)7-9-19-14-11-18-8-6-12(14)10-17/h6,8,11,13,19H,4-5,7,9H2,1-3H3,(H,20,21). The van der Waals surface area contributed by atoms with E-state index >= 15 is 0 Å². The zero-order valence-electron chi connectivity index (χ0n) is 12.9. The number of pyridine rings is 1. The van der Waals surface area contributed by atoms with E-state index < -0.39 is 5.97 Å². The number of hydrogen-bond donors (Lipinski definition) is 2. The minimum atomic E-state index is -0.753. The normalized spacial score (nSPS) is 12.5. The molecular formula is C16H23N3O2. The number of aromatic nitrogens is 1. The van der Waals surface area contributed by atoms with Crippen LogP contribution >= 0.6 is 0 Å². The van der Waals surface area contributed by atoms with E-state index in [4.69, 9.17) is 10.4 Å². The molecule has 1 rings (SSSR count). The number of rotatable bonds is 7. The molecule has 1 heterocycles. The number of carboxylic acid groups (broad SMARTS) is 1. The van der Waals surface area contributed by atoms with Crippen LogP contribution in [0.1, 0.15) is 45.6 Å².